The van der Waals surface area contributed by atoms with Crippen molar-refractivity contribution in [2.75, 3.05) is 0 Å². The molecule has 8 nitrogen and oxygen atoms in total. The van der Waals surface area contributed by atoms with Crippen molar-refractivity contribution in [3.8, 4) is 5.75 Å². The maximum atomic E-state index is 10.5. The molecule has 94 valence electrons. The number of phosphoric ester groups is 1. The molecule has 1 aromatic heterocycles. The van der Waals surface area contributed by atoms with Crippen molar-refractivity contribution in [2.24, 2.45) is 5.73 Å². The second kappa shape index (κ2) is 5.24. The molecule has 0 amide bonds. The van der Waals surface area contributed by atoms with E-state index in [0.29, 0.717) is 5.69 Å². The first kappa shape index (κ1) is 13.6. The van der Waals surface area contributed by atoms with Crippen molar-refractivity contribution in [3.63, 3.8) is 0 Å². The number of phosphoric acid groups is 1. The van der Waals surface area contributed by atoms with Crippen LogP contribution in [0.4, 0.5) is 0 Å². The van der Waals surface area contributed by atoms with Crippen LogP contribution in [0.15, 0.2) is 18.3 Å². The van der Waals surface area contributed by atoms with E-state index >= 15 is 0 Å². The highest BCUT2D eigenvalue weighted by molar-refractivity contribution is 7.46. The summed E-state index contributed by atoms with van der Waals surface area (Å²) in [5.74, 6) is -1.26. The Morgan fingerprint density at radius 1 is 1.53 bits per heavy atom. The summed E-state index contributed by atoms with van der Waals surface area (Å²) in [6.45, 7) is 0. The number of pyridine rings is 1. The molecule has 0 fully saturated rings. The van der Waals surface area contributed by atoms with Crippen LogP contribution >= 0.6 is 7.82 Å². The molecule has 0 saturated heterocycles. The molecule has 0 saturated carbocycles. The molecule has 17 heavy (non-hydrogen) atoms. The lowest BCUT2D eigenvalue weighted by atomic mass is 10.1. The highest BCUT2D eigenvalue weighted by atomic mass is 31.2. The van der Waals surface area contributed by atoms with Crippen molar-refractivity contribution >= 4 is 13.8 Å². The predicted molar refractivity (Wildman–Crippen MR) is 56.2 cm³/mol. The van der Waals surface area contributed by atoms with Gasteiger partial charge < -0.3 is 15.4 Å². The first-order valence-electron chi connectivity index (χ1n) is 4.46. The molecule has 1 aromatic rings. The number of hydrogen-bond donors (Lipinski definition) is 4. The number of aliphatic carboxylic acids is 1. The number of aromatic nitrogens is 1. The van der Waals surface area contributed by atoms with Crippen LogP contribution in [0.25, 0.3) is 0 Å². The normalized spacial score (nSPS) is 13.1. The van der Waals surface area contributed by atoms with Gasteiger partial charge in [-0.25, -0.2) is 4.57 Å². The fourth-order valence-electron chi connectivity index (χ4n) is 1.04. The maximum Gasteiger partial charge on any atom is 0.524 e. The number of nitrogens with zero attached hydrogens (tertiary/aromatic N) is 1. The Morgan fingerprint density at radius 2 is 2.18 bits per heavy atom. The Balaban J connectivity index is 2.68. The fourth-order valence-corrected chi connectivity index (χ4v) is 1.42. The van der Waals surface area contributed by atoms with Gasteiger partial charge in [-0.15, -0.1) is 0 Å². The number of hydrogen-bond acceptors (Lipinski definition) is 5. The Labute approximate surface area is 96.3 Å². The lowest BCUT2D eigenvalue weighted by Gasteiger charge is -2.08. The van der Waals surface area contributed by atoms with Gasteiger partial charge in [-0.05, 0) is 12.1 Å². The summed E-state index contributed by atoms with van der Waals surface area (Å²) < 4.78 is 14.8. The predicted octanol–water partition coefficient (Wildman–Crippen LogP) is -0.493. The number of carboxylic acids is 1. The van der Waals surface area contributed by atoms with Gasteiger partial charge in [0.05, 0.1) is 6.20 Å². The second-order valence-electron chi connectivity index (χ2n) is 3.22. The minimum absolute atomic E-state index is 0.0194. The van der Waals surface area contributed by atoms with E-state index in [1.54, 1.807) is 0 Å². The minimum atomic E-state index is -4.60. The number of nitrogens with two attached hydrogens (primary N) is 1. The number of carbonyl (C=O) groups is 1. The van der Waals surface area contributed by atoms with Gasteiger partial charge in [0, 0.05) is 12.1 Å². The van der Waals surface area contributed by atoms with Crippen LogP contribution in [0.1, 0.15) is 5.69 Å². The van der Waals surface area contributed by atoms with Crippen molar-refractivity contribution in [2.45, 2.75) is 12.5 Å². The summed E-state index contributed by atoms with van der Waals surface area (Å²) in [4.78, 5) is 31.3. The van der Waals surface area contributed by atoms with E-state index in [0.717, 1.165) is 6.20 Å². The van der Waals surface area contributed by atoms with Crippen LogP contribution in [-0.2, 0) is 15.8 Å². The SMILES string of the molecule is N[C@@H](Cc1ccc(OP(=O)(O)O)cn1)C(=O)O. The van der Waals surface area contributed by atoms with Gasteiger partial charge in [-0.3, -0.25) is 19.6 Å². The van der Waals surface area contributed by atoms with Crippen LogP contribution in [-0.4, -0.2) is 31.9 Å². The summed E-state index contributed by atoms with van der Waals surface area (Å²) in [6, 6.07) is 1.58. The lowest BCUT2D eigenvalue weighted by molar-refractivity contribution is -0.138. The monoisotopic (exact) mass is 262 g/mol. The standard InChI is InChI=1S/C8H11N2O6P/c9-7(8(11)12)3-5-1-2-6(4-10-5)16-17(13,14)15/h1-2,4,7H,3,9H2,(H,11,12)(H2,13,14,15)/t7-/m0/s1. The quantitative estimate of drug-likeness (QED) is 0.520. The molecule has 9 heteroatoms. The van der Waals surface area contributed by atoms with Gasteiger partial charge >= 0.3 is 13.8 Å². The third-order valence-electron chi connectivity index (χ3n) is 1.77. The number of rotatable bonds is 5. The van der Waals surface area contributed by atoms with Gasteiger partial charge in [0.25, 0.3) is 0 Å². The first-order chi connectivity index (χ1) is 7.78. The molecular weight excluding hydrogens is 251 g/mol. The highest BCUT2D eigenvalue weighted by Crippen LogP contribution is 2.36. The third kappa shape index (κ3) is 4.92. The van der Waals surface area contributed by atoms with Gasteiger partial charge in [0.2, 0.25) is 0 Å². The molecule has 0 aliphatic rings. The maximum absolute atomic E-state index is 10.5. The average molecular weight is 262 g/mol. The summed E-state index contributed by atoms with van der Waals surface area (Å²) >= 11 is 0. The van der Waals surface area contributed by atoms with Crippen molar-refractivity contribution in [1.29, 1.82) is 0 Å². The van der Waals surface area contributed by atoms with Crippen LogP contribution in [0.5, 0.6) is 5.75 Å². The Hall–Kier alpha value is -1.47. The zero-order valence-electron chi connectivity index (χ0n) is 8.55. The van der Waals surface area contributed by atoms with E-state index in [1.807, 2.05) is 0 Å². The zero-order valence-corrected chi connectivity index (χ0v) is 9.45. The van der Waals surface area contributed by atoms with E-state index in [1.165, 1.54) is 12.1 Å². The smallest absolute Gasteiger partial charge is 0.480 e. The largest absolute Gasteiger partial charge is 0.524 e. The van der Waals surface area contributed by atoms with E-state index in [4.69, 9.17) is 20.6 Å². The van der Waals surface area contributed by atoms with Crippen LogP contribution in [0.3, 0.4) is 0 Å². The molecule has 1 heterocycles. The van der Waals surface area contributed by atoms with E-state index < -0.39 is 19.8 Å². The fraction of sp³-hybridized carbons (Fsp3) is 0.250. The van der Waals surface area contributed by atoms with Crippen LogP contribution in [0, 0.1) is 0 Å². The molecule has 0 spiro atoms. The van der Waals surface area contributed by atoms with Gasteiger partial charge in [0.1, 0.15) is 11.8 Å². The Bertz CT molecular complexity index is 442. The molecule has 0 radical (unpaired) electrons. The molecule has 1 rings (SSSR count). The minimum Gasteiger partial charge on any atom is -0.480 e. The van der Waals surface area contributed by atoms with Crippen LogP contribution < -0.4 is 10.3 Å². The lowest BCUT2D eigenvalue weighted by Crippen LogP contribution is -2.32. The van der Waals surface area contributed by atoms with E-state index in [9.17, 15) is 9.36 Å². The highest BCUT2D eigenvalue weighted by Gasteiger charge is 2.17. The summed E-state index contributed by atoms with van der Waals surface area (Å²) in [5.41, 5.74) is 5.68. The van der Waals surface area contributed by atoms with Crippen molar-refractivity contribution in [3.05, 3.63) is 24.0 Å². The molecule has 0 aliphatic carbocycles. The van der Waals surface area contributed by atoms with Gasteiger partial charge in [0.15, 0.2) is 0 Å². The molecule has 0 unspecified atom stereocenters. The molecule has 0 bridgehead atoms. The van der Waals surface area contributed by atoms with E-state index in [-0.39, 0.29) is 12.2 Å². The first-order valence-corrected chi connectivity index (χ1v) is 5.99. The van der Waals surface area contributed by atoms with Crippen molar-refractivity contribution in [1.82, 2.24) is 4.98 Å². The second-order valence-corrected chi connectivity index (χ2v) is 4.38. The molecular formula is C8H11N2O6P. The summed E-state index contributed by atoms with van der Waals surface area (Å²) in [7, 11) is -4.60. The summed E-state index contributed by atoms with van der Waals surface area (Å²) in [5, 5.41) is 8.57. The van der Waals surface area contributed by atoms with Crippen LogP contribution in [0.2, 0.25) is 0 Å². The molecule has 5 N–H and O–H groups in total. The van der Waals surface area contributed by atoms with Gasteiger partial charge in [-0.2, -0.15) is 0 Å². The Morgan fingerprint density at radius 3 is 2.59 bits per heavy atom. The van der Waals surface area contributed by atoms with E-state index in [2.05, 4.69) is 9.51 Å². The third-order valence-corrected chi connectivity index (χ3v) is 2.22. The topological polar surface area (TPSA) is 143 Å². The van der Waals surface area contributed by atoms with Gasteiger partial charge in [-0.1, -0.05) is 0 Å². The number of carboxylic acid groups (broad SMARTS) is 1. The summed E-state index contributed by atoms with van der Waals surface area (Å²) in [6.07, 6.45) is 1.11. The molecule has 0 aromatic carbocycles. The average Bonchev–Trinajstić information content (AvgIpc) is 2.18. The Kier molecular flexibility index (Phi) is 4.19. The molecule has 0 aliphatic heterocycles. The molecule has 1 atom stereocenters. The van der Waals surface area contributed by atoms with Crippen molar-refractivity contribution < 1.29 is 28.8 Å². The zero-order chi connectivity index (χ0) is 13.1.